The molecule has 1 aliphatic carbocycles. The molecule has 0 heterocycles. The van der Waals surface area contributed by atoms with Crippen LogP contribution in [-0.2, 0) is 0 Å². The van der Waals surface area contributed by atoms with Crippen molar-refractivity contribution in [3.63, 3.8) is 0 Å². The topological polar surface area (TPSA) is 15.3 Å². The molecular weight excluding hydrogens is 239 g/mol. The predicted octanol–water partition coefficient (Wildman–Crippen LogP) is 3.57. The normalized spacial score (nSPS) is 23.3. The first-order chi connectivity index (χ1) is 9.20. The van der Waals surface area contributed by atoms with Crippen LogP contribution in [0.1, 0.15) is 39.0 Å². The minimum atomic E-state index is -0.150. The zero-order chi connectivity index (χ0) is 13.7. The lowest BCUT2D eigenvalue weighted by Crippen LogP contribution is -2.41. The molecule has 0 aliphatic heterocycles. The summed E-state index contributed by atoms with van der Waals surface area (Å²) in [7, 11) is 2.08. The summed E-state index contributed by atoms with van der Waals surface area (Å²) in [6.45, 7) is 3.32. The van der Waals surface area contributed by atoms with Crippen LogP contribution >= 0.6 is 0 Å². The monoisotopic (exact) mass is 264 g/mol. The average Bonchev–Trinajstić information content (AvgIpc) is 2.45. The van der Waals surface area contributed by atoms with E-state index < -0.39 is 0 Å². The molecule has 0 bridgehead atoms. The first kappa shape index (κ1) is 14.3. The third kappa shape index (κ3) is 3.93. The van der Waals surface area contributed by atoms with E-state index in [-0.39, 0.29) is 5.82 Å². The smallest absolute Gasteiger partial charge is 0.125 e. The first-order valence-corrected chi connectivity index (χ1v) is 7.42. The molecule has 1 aliphatic rings. The largest absolute Gasteiger partial charge is 0.372 e. The van der Waals surface area contributed by atoms with Crippen molar-refractivity contribution in [2.75, 3.05) is 18.5 Å². The number of nitrogens with one attached hydrogen (secondary N) is 1. The minimum absolute atomic E-state index is 0.150. The summed E-state index contributed by atoms with van der Waals surface area (Å²) in [5.74, 6) is -0.150. The highest BCUT2D eigenvalue weighted by Gasteiger charge is 2.23. The second-order valence-corrected chi connectivity index (χ2v) is 5.55. The van der Waals surface area contributed by atoms with Gasteiger partial charge in [-0.2, -0.15) is 0 Å². The van der Waals surface area contributed by atoms with Gasteiger partial charge in [0.1, 0.15) is 5.82 Å². The van der Waals surface area contributed by atoms with E-state index in [0.717, 1.165) is 12.2 Å². The summed E-state index contributed by atoms with van der Waals surface area (Å²) in [5.41, 5.74) is 0.991. The Morgan fingerprint density at radius 3 is 2.63 bits per heavy atom. The Kier molecular flexibility index (Phi) is 5.20. The summed E-state index contributed by atoms with van der Waals surface area (Å²) in [6, 6.07) is 8.13. The van der Waals surface area contributed by atoms with Crippen molar-refractivity contribution < 1.29 is 4.39 Å². The zero-order valence-corrected chi connectivity index (χ0v) is 12.0. The molecule has 0 radical (unpaired) electrons. The molecule has 19 heavy (non-hydrogen) atoms. The van der Waals surface area contributed by atoms with Gasteiger partial charge >= 0.3 is 0 Å². The predicted molar refractivity (Wildman–Crippen MR) is 79.1 cm³/mol. The molecule has 0 spiro atoms. The molecule has 0 unspecified atom stereocenters. The van der Waals surface area contributed by atoms with Gasteiger partial charge in [0.15, 0.2) is 0 Å². The van der Waals surface area contributed by atoms with Gasteiger partial charge in [-0.1, -0.05) is 13.0 Å². The van der Waals surface area contributed by atoms with Crippen LogP contribution in [0.15, 0.2) is 24.3 Å². The molecule has 0 amide bonds. The Labute approximate surface area is 116 Å². The van der Waals surface area contributed by atoms with Crippen LogP contribution in [0.3, 0.4) is 0 Å². The van der Waals surface area contributed by atoms with Gasteiger partial charge in [-0.05, 0) is 56.8 Å². The number of hydrogen-bond acceptors (Lipinski definition) is 2. The minimum Gasteiger partial charge on any atom is -0.372 e. The third-order valence-corrected chi connectivity index (χ3v) is 4.14. The maximum atomic E-state index is 13.3. The Morgan fingerprint density at radius 2 is 2.00 bits per heavy atom. The molecule has 3 heteroatoms. The SMILES string of the molecule is CCCNC1CCC(N(C)c2cccc(F)c2)CC1. The van der Waals surface area contributed by atoms with Crippen molar-refractivity contribution in [2.24, 2.45) is 0 Å². The van der Waals surface area contributed by atoms with Gasteiger partial charge < -0.3 is 10.2 Å². The molecule has 1 aromatic carbocycles. The molecule has 2 rings (SSSR count). The van der Waals surface area contributed by atoms with Crippen LogP contribution in [0.25, 0.3) is 0 Å². The second-order valence-electron chi connectivity index (χ2n) is 5.55. The van der Waals surface area contributed by atoms with E-state index in [4.69, 9.17) is 0 Å². The van der Waals surface area contributed by atoms with Gasteiger partial charge in [-0.3, -0.25) is 0 Å². The summed E-state index contributed by atoms with van der Waals surface area (Å²) in [6.07, 6.45) is 6.03. The molecule has 2 nitrogen and oxygen atoms in total. The Bertz CT molecular complexity index is 386. The highest BCUT2D eigenvalue weighted by Crippen LogP contribution is 2.26. The lowest BCUT2D eigenvalue weighted by molar-refractivity contribution is 0.337. The van der Waals surface area contributed by atoms with Crippen molar-refractivity contribution in [3.8, 4) is 0 Å². The van der Waals surface area contributed by atoms with E-state index in [1.165, 1.54) is 38.2 Å². The number of halogens is 1. The number of anilines is 1. The first-order valence-electron chi connectivity index (χ1n) is 7.42. The summed E-state index contributed by atoms with van der Waals surface area (Å²) >= 11 is 0. The van der Waals surface area contributed by atoms with Crippen molar-refractivity contribution in [2.45, 2.75) is 51.1 Å². The highest BCUT2D eigenvalue weighted by atomic mass is 19.1. The van der Waals surface area contributed by atoms with E-state index in [2.05, 4.69) is 24.2 Å². The fourth-order valence-electron chi connectivity index (χ4n) is 2.92. The van der Waals surface area contributed by atoms with Crippen LogP contribution < -0.4 is 10.2 Å². The number of nitrogens with zero attached hydrogens (tertiary/aromatic N) is 1. The molecule has 106 valence electrons. The highest BCUT2D eigenvalue weighted by molar-refractivity contribution is 5.46. The van der Waals surface area contributed by atoms with Gasteiger partial charge in [0.25, 0.3) is 0 Å². The van der Waals surface area contributed by atoms with E-state index in [9.17, 15) is 4.39 Å². The molecule has 1 saturated carbocycles. The fraction of sp³-hybridized carbons (Fsp3) is 0.625. The average molecular weight is 264 g/mol. The standard InChI is InChI=1S/C16H25FN2/c1-3-11-18-14-7-9-15(10-8-14)19(2)16-6-4-5-13(17)12-16/h4-6,12,14-15,18H,3,7-11H2,1-2H3. The lowest BCUT2D eigenvalue weighted by Gasteiger charge is -2.36. The van der Waals surface area contributed by atoms with Gasteiger partial charge in [0.2, 0.25) is 0 Å². The van der Waals surface area contributed by atoms with Crippen molar-refractivity contribution in [1.29, 1.82) is 0 Å². The van der Waals surface area contributed by atoms with Crippen LogP contribution in [0, 0.1) is 5.82 Å². The Hall–Kier alpha value is -1.09. The fourth-order valence-corrected chi connectivity index (χ4v) is 2.92. The van der Waals surface area contributed by atoms with Crippen LogP contribution in [0.4, 0.5) is 10.1 Å². The van der Waals surface area contributed by atoms with Crippen LogP contribution in [0.2, 0.25) is 0 Å². The molecular formula is C16H25FN2. The van der Waals surface area contributed by atoms with Gasteiger partial charge in [-0.25, -0.2) is 4.39 Å². The maximum Gasteiger partial charge on any atom is 0.125 e. The molecule has 1 fully saturated rings. The Balaban J connectivity index is 1.87. The molecule has 1 N–H and O–H groups in total. The molecule has 0 aromatic heterocycles. The van der Waals surface area contributed by atoms with Gasteiger partial charge in [0.05, 0.1) is 0 Å². The van der Waals surface area contributed by atoms with E-state index in [1.807, 2.05) is 6.07 Å². The third-order valence-electron chi connectivity index (χ3n) is 4.14. The molecule has 1 aromatic rings. The summed E-state index contributed by atoms with van der Waals surface area (Å²) < 4.78 is 13.3. The van der Waals surface area contributed by atoms with Crippen LogP contribution in [0.5, 0.6) is 0 Å². The van der Waals surface area contributed by atoms with E-state index in [1.54, 1.807) is 12.1 Å². The van der Waals surface area contributed by atoms with Crippen molar-refractivity contribution in [1.82, 2.24) is 5.32 Å². The van der Waals surface area contributed by atoms with Crippen molar-refractivity contribution >= 4 is 5.69 Å². The number of hydrogen-bond donors (Lipinski definition) is 1. The van der Waals surface area contributed by atoms with E-state index >= 15 is 0 Å². The Morgan fingerprint density at radius 1 is 1.26 bits per heavy atom. The van der Waals surface area contributed by atoms with E-state index in [0.29, 0.717) is 12.1 Å². The van der Waals surface area contributed by atoms with Crippen LogP contribution in [-0.4, -0.2) is 25.7 Å². The molecule has 0 atom stereocenters. The van der Waals surface area contributed by atoms with Gasteiger partial charge in [0, 0.05) is 24.8 Å². The number of benzene rings is 1. The van der Waals surface area contributed by atoms with Gasteiger partial charge in [-0.15, -0.1) is 0 Å². The summed E-state index contributed by atoms with van der Waals surface area (Å²) in [5, 5.41) is 3.60. The van der Waals surface area contributed by atoms with Crippen molar-refractivity contribution in [3.05, 3.63) is 30.1 Å². The summed E-state index contributed by atoms with van der Waals surface area (Å²) in [4.78, 5) is 2.24. The quantitative estimate of drug-likeness (QED) is 0.874. The second kappa shape index (κ2) is 6.90. The number of rotatable bonds is 5. The zero-order valence-electron chi connectivity index (χ0n) is 12.0. The lowest BCUT2D eigenvalue weighted by atomic mass is 9.90. The maximum absolute atomic E-state index is 13.3. The molecule has 0 saturated heterocycles.